The van der Waals surface area contributed by atoms with E-state index >= 15 is 0 Å². The second-order valence-corrected chi connectivity index (χ2v) is 25.2. The zero-order chi connectivity index (χ0) is 67.0. The molecule has 0 radical (unpaired) electrons. The minimum atomic E-state index is -2.69. The predicted molar refractivity (Wildman–Crippen MR) is 298 cm³/mol. The summed E-state index contributed by atoms with van der Waals surface area (Å²) >= 11 is 0. The molecule has 3 aliphatic heterocycles. The van der Waals surface area contributed by atoms with Crippen LogP contribution < -0.4 is 36.6 Å². The van der Waals surface area contributed by atoms with Gasteiger partial charge in [0, 0.05) is 60.8 Å². The third-order valence-electron chi connectivity index (χ3n) is 16.9. The largest absolute Gasteiger partial charge is 0.547 e. The number of hydrogen-bond donors (Lipinski definition) is 11. The maximum absolute atomic E-state index is 14.1. The van der Waals surface area contributed by atoms with E-state index in [-0.39, 0.29) is 72.1 Å². The van der Waals surface area contributed by atoms with E-state index in [0.29, 0.717) is 6.21 Å². The number of methoxy groups -OCH3 is 1. The molecule has 0 spiro atoms. The Labute approximate surface area is 515 Å². The number of ketones is 2. The maximum Gasteiger partial charge on any atom is 0.240 e. The molecule has 0 bridgehead atoms. The lowest BCUT2D eigenvalue weighted by atomic mass is 9.71. The summed E-state index contributed by atoms with van der Waals surface area (Å²) in [6.07, 6.45) is -29.3. The number of aliphatic hydroxyl groups is 6. The fraction of sp³-hybridized carbons (Fsp3) is 0.627. The summed E-state index contributed by atoms with van der Waals surface area (Å²) in [5, 5.41) is 137. The van der Waals surface area contributed by atoms with Crippen LogP contribution >= 0.6 is 0 Å². The summed E-state index contributed by atoms with van der Waals surface area (Å²) in [5.41, 5.74) is 4.47. The Hall–Kier alpha value is -6.98. The first-order valence-electron chi connectivity index (χ1n) is 28.9. The number of amides is 2. The van der Waals surface area contributed by atoms with Crippen molar-refractivity contribution >= 4 is 59.5 Å². The number of phenols is 2. The van der Waals surface area contributed by atoms with Crippen LogP contribution in [0.1, 0.15) is 143 Å². The molecule has 3 fully saturated rings. The number of rotatable bonds is 22. The second kappa shape index (κ2) is 27.9. The highest BCUT2D eigenvalue weighted by molar-refractivity contribution is 6.31. The SMILES string of the molecule is COc1cccc2c1C(=O)c1c(O)c3c(c(O)c1C2=O)C[C@@](O)(/C(C)=N\NC(=O)CCCCC(=O)N/N=C/C(OC(C(=O)[O-])C(C=O)O[C@@H]1OC(C(=O)[O-])[C@@H](C(C)(C)C)[C@@H](O)C1O)[C@@H]1C(C(=O)[O-])O[C@@H](C(C)(C)C)C(O)[C@@H]1O)C[C@@H]3OC1CC(N)C(O)C(C)O1. The molecule has 3 saturated heterocycles. The van der Waals surface area contributed by atoms with Gasteiger partial charge in [-0.3, -0.25) is 19.2 Å². The van der Waals surface area contributed by atoms with Crippen molar-refractivity contribution in [1.29, 1.82) is 0 Å². The second-order valence-electron chi connectivity index (χ2n) is 25.2. The van der Waals surface area contributed by atoms with Gasteiger partial charge in [0.2, 0.25) is 17.6 Å². The van der Waals surface area contributed by atoms with Crippen LogP contribution in [0.4, 0.5) is 0 Å². The Morgan fingerprint density at radius 1 is 0.822 bits per heavy atom. The molecule has 0 aromatic heterocycles. The van der Waals surface area contributed by atoms with Crippen LogP contribution in [0.2, 0.25) is 0 Å². The number of aliphatic carboxylic acids is 3. The lowest BCUT2D eigenvalue weighted by molar-refractivity contribution is -0.358. The number of benzene rings is 2. The van der Waals surface area contributed by atoms with E-state index < -0.39 is 203 Å². The molecule has 90 heavy (non-hydrogen) atoms. The van der Waals surface area contributed by atoms with Crippen LogP contribution in [0.5, 0.6) is 17.2 Å². The molecule has 5 aliphatic rings. The number of carboxylic acids is 3. The van der Waals surface area contributed by atoms with Crippen LogP contribution in [0.3, 0.4) is 0 Å². The Morgan fingerprint density at radius 2 is 1.44 bits per heavy atom. The molecule has 31 nitrogen and oxygen atoms in total. The van der Waals surface area contributed by atoms with Gasteiger partial charge in [-0.05, 0) is 43.6 Å². The van der Waals surface area contributed by atoms with Gasteiger partial charge in [-0.2, -0.15) is 10.2 Å². The summed E-state index contributed by atoms with van der Waals surface area (Å²) in [6, 6.07) is 3.40. The van der Waals surface area contributed by atoms with Crippen molar-refractivity contribution in [2.24, 2.45) is 38.6 Å². The molecule has 2 amide bonds. The number of phenolic OH excluding ortho intramolecular Hbond substituents is 2. The van der Waals surface area contributed by atoms with Gasteiger partial charge in [0.1, 0.15) is 65.6 Å². The van der Waals surface area contributed by atoms with E-state index in [4.69, 9.17) is 38.9 Å². The number of aliphatic hydroxyl groups excluding tert-OH is 5. The summed E-state index contributed by atoms with van der Waals surface area (Å²) in [4.78, 5) is 105. The van der Waals surface area contributed by atoms with Gasteiger partial charge >= 0.3 is 0 Å². The molecule has 2 aromatic carbocycles. The van der Waals surface area contributed by atoms with Gasteiger partial charge in [-0.25, -0.2) is 10.9 Å². The number of nitrogens with two attached hydrogens (primary N) is 1. The van der Waals surface area contributed by atoms with E-state index in [0.717, 1.165) is 0 Å². The summed E-state index contributed by atoms with van der Waals surface area (Å²) in [5.74, 6) is -14.3. The smallest absolute Gasteiger partial charge is 0.240 e. The van der Waals surface area contributed by atoms with Gasteiger partial charge in [-0.15, -0.1) is 0 Å². The van der Waals surface area contributed by atoms with E-state index in [2.05, 4.69) is 21.1 Å². The average Bonchev–Trinajstić information content (AvgIpc) is 0.733. The van der Waals surface area contributed by atoms with Crippen LogP contribution in [0.15, 0.2) is 28.4 Å². The van der Waals surface area contributed by atoms with Gasteiger partial charge in [0.15, 0.2) is 24.6 Å². The molecule has 2 aromatic rings. The van der Waals surface area contributed by atoms with Crippen molar-refractivity contribution in [2.75, 3.05) is 7.11 Å². The minimum Gasteiger partial charge on any atom is -0.547 e. The van der Waals surface area contributed by atoms with Crippen molar-refractivity contribution in [3.05, 3.63) is 51.6 Å². The molecule has 19 atom stereocenters. The Morgan fingerprint density at radius 3 is 2.01 bits per heavy atom. The monoisotopic (exact) mass is 1270 g/mol. The number of hydrogen-bond acceptors (Lipinski definition) is 29. The molecule has 0 saturated carbocycles. The summed E-state index contributed by atoms with van der Waals surface area (Å²) < 4.78 is 39.7. The first kappa shape index (κ1) is 70.5. The number of fused-ring (bicyclic) bond motifs is 3. The summed E-state index contributed by atoms with van der Waals surface area (Å²) in [6.45, 7) is 12.0. The van der Waals surface area contributed by atoms with Crippen LogP contribution in [0.25, 0.3) is 0 Å². The lowest BCUT2D eigenvalue weighted by Gasteiger charge is -2.50. The summed E-state index contributed by atoms with van der Waals surface area (Å²) in [7, 11) is 1.28. The first-order valence-corrected chi connectivity index (χ1v) is 28.9. The van der Waals surface area contributed by atoms with Gasteiger partial charge in [0.05, 0.1) is 96.2 Å². The third kappa shape index (κ3) is 14.5. The number of nitrogens with zero attached hydrogens (tertiary/aromatic N) is 2. The highest BCUT2D eigenvalue weighted by Gasteiger charge is 2.55. The third-order valence-corrected chi connectivity index (χ3v) is 16.9. The number of aromatic hydroxyl groups is 2. The Bertz CT molecular complexity index is 3130. The topological polar surface area (TPSA) is 507 Å². The van der Waals surface area contributed by atoms with Crippen LogP contribution in [-0.2, 0) is 63.6 Å². The maximum atomic E-state index is 14.1. The van der Waals surface area contributed by atoms with Gasteiger partial charge in [-0.1, -0.05) is 53.7 Å². The van der Waals surface area contributed by atoms with Crippen molar-refractivity contribution in [3.8, 4) is 17.2 Å². The number of nitrogens with one attached hydrogen (secondary N) is 2. The van der Waals surface area contributed by atoms with Crippen molar-refractivity contribution in [2.45, 2.75) is 204 Å². The standard InChI is InChI=1S/C59H79N5O26/c1-22-40(68)26(60)17-33(85-22)86-28-19-59(83,18-25-35(28)44(72)38-37(42(25)70)41(69)24-13-12-14-27(84-9)34(24)43(38)71)23(2)62-64-32(67)16-11-10-15-31(66)63-61-20-29(36-45(73)47(75)52(58(6,7)8)89-50(36)54(79)80)87-49(53(77)78)30(21-65)88-56-48(76)46(74)39(57(3,4)5)51(90-56)55(81)82/h12-14,20-22,26,28-30,33,36,39-40,45-52,56,68,70,72-76,83H,10-11,15-19,60H2,1-9H3,(H,63,66)(H,64,67)(H,77,78)(H,79,80)(H,81,82)/p-3/b61-20+,62-23-/t22?,26?,28-,29?,30?,33?,36-,39-,40?,45+,46+,47?,48?,49?,50?,51?,52+,56+,59-/m0/s1. The number of carboxylic acid groups (broad SMARTS) is 3. The molecule has 31 heteroatoms. The zero-order valence-electron chi connectivity index (χ0n) is 50.6. The molecule has 2 aliphatic carbocycles. The van der Waals surface area contributed by atoms with Crippen LogP contribution in [0, 0.1) is 22.7 Å². The quantitative estimate of drug-likeness (QED) is 0.0148. The lowest BCUT2D eigenvalue weighted by Crippen LogP contribution is -2.66. The van der Waals surface area contributed by atoms with Crippen LogP contribution in [-0.4, -0.2) is 205 Å². The van der Waals surface area contributed by atoms with E-state index in [1.807, 2.05) is 0 Å². The fourth-order valence-electron chi connectivity index (χ4n) is 12.1. The average molecular weight is 1270 g/mol. The molecular formula is C59H76N5O26-3. The fourth-order valence-corrected chi connectivity index (χ4v) is 12.1. The van der Waals surface area contributed by atoms with Crippen molar-refractivity contribution < 1.29 is 128 Å². The van der Waals surface area contributed by atoms with E-state index in [1.54, 1.807) is 6.92 Å². The number of aldehydes is 1. The van der Waals surface area contributed by atoms with Crippen molar-refractivity contribution in [3.63, 3.8) is 0 Å². The van der Waals surface area contributed by atoms with E-state index in [9.17, 15) is 94.5 Å². The highest BCUT2D eigenvalue weighted by Crippen LogP contribution is 2.53. The number of hydrazone groups is 2. The number of carbonyl (C=O) groups is 8. The molecule has 3 heterocycles. The zero-order valence-corrected chi connectivity index (χ0v) is 50.6. The van der Waals surface area contributed by atoms with Gasteiger partial charge in [0.25, 0.3) is 0 Å². The highest BCUT2D eigenvalue weighted by atomic mass is 16.7. The number of carbonyl (C=O) groups excluding carboxylic acids is 8. The molecule has 11 unspecified atom stereocenters. The Balaban J connectivity index is 1.05. The number of unbranched alkanes of at least 4 members (excludes halogenated alkanes) is 1. The van der Waals surface area contributed by atoms with Crippen molar-refractivity contribution in [1.82, 2.24) is 10.9 Å². The normalized spacial score (nSPS) is 31.5. The first-order chi connectivity index (χ1) is 42.0. The number of ether oxygens (including phenoxy) is 7. The molecular weight excluding hydrogens is 1190 g/mol. The Kier molecular flexibility index (Phi) is 21.8. The predicted octanol–water partition coefficient (Wildman–Crippen LogP) is -4.56. The minimum absolute atomic E-state index is 0.00337. The molecule has 7 rings (SSSR count). The molecule has 12 N–H and O–H groups in total. The van der Waals surface area contributed by atoms with Gasteiger partial charge < -0.3 is 114 Å². The van der Waals surface area contributed by atoms with E-state index in [1.165, 1.54) is 73.8 Å². The molecule has 496 valence electrons.